The SMILES string of the molecule is CSc1ccc(Oc2ccc(I)cc2N)cc1. The Labute approximate surface area is 119 Å². The summed E-state index contributed by atoms with van der Waals surface area (Å²) in [6, 6.07) is 13.7. The second kappa shape index (κ2) is 5.64. The van der Waals surface area contributed by atoms with Crippen molar-refractivity contribution in [3.05, 3.63) is 46.0 Å². The van der Waals surface area contributed by atoms with Crippen LogP contribution in [0.1, 0.15) is 0 Å². The molecule has 2 aromatic carbocycles. The molecule has 2 N–H and O–H groups in total. The van der Waals surface area contributed by atoms with E-state index in [0.717, 1.165) is 9.32 Å². The fourth-order valence-corrected chi connectivity index (χ4v) is 2.31. The van der Waals surface area contributed by atoms with Crippen LogP contribution in [0.25, 0.3) is 0 Å². The average molecular weight is 357 g/mol. The van der Waals surface area contributed by atoms with Crippen molar-refractivity contribution in [1.82, 2.24) is 0 Å². The number of benzene rings is 2. The van der Waals surface area contributed by atoms with Gasteiger partial charge in [-0.2, -0.15) is 0 Å². The number of ether oxygens (including phenoxy) is 1. The summed E-state index contributed by atoms with van der Waals surface area (Å²) in [5, 5.41) is 0. The van der Waals surface area contributed by atoms with E-state index < -0.39 is 0 Å². The Bertz CT molecular complexity index is 513. The van der Waals surface area contributed by atoms with Crippen molar-refractivity contribution in [2.24, 2.45) is 0 Å². The fraction of sp³-hybridized carbons (Fsp3) is 0.0769. The molecule has 0 atom stereocenters. The van der Waals surface area contributed by atoms with E-state index >= 15 is 0 Å². The summed E-state index contributed by atoms with van der Waals surface area (Å²) in [5.41, 5.74) is 6.55. The summed E-state index contributed by atoms with van der Waals surface area (Å²) in [5.74, 6) is 1.50. The smallest absolute Gasteiger partial charge is 0.150 e. The Morgan fingerprint density at radius 3 is 2.41 bits per heavy atom. The highest BCUT2D eigenvalue weighted by atomic mass is 127. The van der Waals surface area contributed by atoms with Crippen LogP contribution < -0.4 is 10.5 Å². The Kier molecular flexibility index (Phi) is 4.17. The second-order valence-electron chi connectivity index (χ2n) is 3.46. The van der Waals surface area contributed by atoms with Crippen LogP contribution in [-0.4, -0.2) is 6.26 Å². The van der Waals surface area contributed by atoms with Gasteiger partial charge in [-0.05, 0) is 71.3 Å². The highest BCUT2D eigenvalue weighted by Crippen LogP contribution is 2.29. The highest BCUT2D eigenvalue weighted by Gasteiger charge is 2.02. The number of nitrogen functional groups attached to an aromatic ring is 1. The molecule has 0 spiro atoms. The second-order valence-corrected chi connectivity index (χ2v) is 5.59. The van der Waals surface area contributed by atoms with Crippen molar-refractivity contribution < 1.29 is 4.74 Å². The van der Waals surface area contributed by atoms with Crippen LogP contribution in [0, 0.1) is 3.57 Å². The summed E-state index contributed by atoms with van der Waals surface area (Å²) < 4.78 is 6.83. The first-order valence-electron chi connectivity index (χ1n) is 5.06. The maximum Gasteiger partial charge on any atom is 0.150 e. The van der Waals surface area contributed by atoms with Gasteiger partial charge in [-0.1, -0.05) is 0 Å². The standard InChI is InChI=1S/C13H12INOS/c1-17-11-5-3-10(4-6-11)16-13-7-2-9(14)8-12(13)15/h2-8H,15H2,1H3. The van der Waals surface area contributed by atoms with Gasteiger partial charge in [0.25, 0.3) is 0 Å². The molecular weight excluding hydrogens is 345 g/mol. The number of anilines is 1. The Morgan fingerprint density at radius 2 is 1.82 bits per heavy atom. The number of hydrogen-bond donors (Lipinski definition) is 1. The maximum atomic E-state index is 5.89. The topological polar surface area (TPSA) is 35.2 Å². The average Bonchev–Trinajstić information content (AvgIpc) is 2.34. The van der Waals surface area contributed by atoms with Crippen molar-refractivity contribution in [3.63, 3.8) is 0 Å². The van der Waals surface area contributed by atoms with E-state index in [2.05, 4.69) is 22.6 Å². The zero-order valence-corrected chi connectivity index (χ0v) is 12.3. The minimum absolute atomic E-state index is 0.658. The zero-order chi connectivity index (χ0) is 12.3. The highest BCUT2D eigenvalue weighted by molar-refractivity contribution is 14.1. The summed E-state index contributed by atoms with van der Waals surface area (Å²) in [6.45, 7) is 0. The molecular formula is C13H12INOS. The summed E-state index contributed by atoms with van der Waals surface area (Å²) >= 11 is 3.93. The molecule has 4 heteroatoms. The van der Waals surface area contributed by atoms with Crippen molar-refractivity contribution in [2.75, 3.05) is 12.0 Å². The van der Waals surface area contributed by atoms with Gasteiger partial charge >= 0.3 is 0 Å². The molecule has 2 aromatic rings. The molecule has 17 heavy (non-hydrogen) atoms. The molecule has 0 aliphatic rings. The summed E-state index contributed by atoms with van der Waals surface area (Å²) in [7, 11) is 0. The number of thioether (sulfide) groups is 1. The summed E-state index contributed by atoms with van der Waals surface area (Å²) in [6.07, 6.45) is 2.05. The molecule has 0 saturated carbocycles. The first-order chi connectivity index (χ1) is 8.19. The van der Waals surface area contributed by atoms with Crippen LogP contribution in [-0.2, 0) is 0 Å². The first kappa shape index (κ1) is 12.6. The van der Waals surface area contributed by atoms with Gasteiger partial charge in [0.1, 0.15) is 11.5 Å². The molecule has 0 bridgehead atoms. The molecule has 0 aliphatic heterocycles. The van der Waals surface area contributed by atoms with Crippen molar-refractivity contribution in [2.45, 2.75) is 4.90 Å². The lowest BCUT2D eigenvalue weighted by molar-refractivity contribution is 0.484. The molecule has 0 heterocycles. The zero-order valence-electron chi connectivity index (χ0n) is 9.31. The molecule has 0 radical (unpaired) electrons. The molecule has 0 fully saturated rings. The minimum atomic E-state index is 0.658. The minimum Gasteiger partial charge on any atom is -0.455 e. The van der Waals surface area contributed by atoms with Crippen LogP contribution in [0.15, 0.2) is 47.4 Å². The molecule has 0 amide bonds. The number of halogens is 1. The van der Waals surface area contributed by atoms with E-state index in [0.29, 0.717) is 11.4 Å². The molecule has 88 valence electrons. The monoisotopic (exact) mass is 357 g/mol. The van der Waals surface area contributed by atoms with Crippen LogP contribution in [0.4, 0.5) is 5.69 Å². The van der Waals surface area contributed by atoms with Gasteiger partial charge in [0.15, 0.2) is 0 Å². The molecule has 0 aliphatic carbocycles. The number of nitrogens with two attached hydrogens (primary N) is 1. The van der Waals surface area contributed by atoms with Crippen molar-refractivity contribution in [3.8, 4) is 11.5 Å². The van der Waals surface area contributed by atoms with Crippen LogP contribution in [0.2, 0.25) is 0 Å². The van der Waals surface area contributed by atoms with Crippen LogP contribution >= 0.6 is 34.4 Å². The summed E-state index contributed by atoms with van der Waals surface area (Å²) in [4.78, 5) is 1.22. The molecule has 0 saturated heterocycles. The quantitative estimate of drug-likeness (QED) is 0.503. The van der Waals surface area contributed by atoms with Gasteiger partial charge in [0.05, 0.1) is 5.69 Å². The predicted molar refractivity (Wildman–Crippen MR) is 81.9 cm³/mol. The van der Waals surface area contributed by atoms with Gasteiger partial charge in [0.2, 0.25) is 0 Å². The third kappa shape index (κ3) is 3.29. The van der Waals surface area contributed by atoms with E-state index in [1.165, 1.54) is 4.90 Å². The third-order valence-electron chi connectivity index (χ3n) is 2.26. The lowest BCUT2D eigenvalue weighted by atomic mass is 10.3. The van der Waals surface area contributed by atoms with Gasteiger partial charge in [-0.15, -0.1) is 11.8 Å². The molecule has 0 unspecified atom stereocenters. The van der Waals surface area contributed by atoms with E-state index in [9.17, 15) is 0 Å². The van der Waals surface area contributed by atoms with Gasteiger partial charge in [-0.25, -0.2) is 0 Å². The van der Waals surface area contributed by atoms with Gasteiger partial charge in [-0.3, -0.25) is 0 Å². The fourth-order valence-electron chi connectivity index (χ4n) is 1.38. The van der Waals surface area contributed by atoms with E-state index in [1.54, 1.807) is 11.8 Å². The van der Waals surface area contributed by atoms with Crippen LogP contribution in [0.3, 0.4) is 0 Å². The number of rotatable bonds is 3. The normalized spacial score (nSPS) is 10.2. The third-order valence-corrected chi connectivity index (χ3v) is 3.67. The lowest BCUT2D eigenvalue weighted by Crippen LogP contribution is -1.92. The Balaban J connectivity index is 2.19. The Morgan fingerprint density at radius 1 is 1.12 bits per heavy atom. The molecule has 0 aromatic heterocycles. The predicted octanol–water partition coefficient (Wildman–Crippen LogP) is 4.39. The van der Waals surface area contributed by atoms with Crippen molar-refractivity contribution in [1.29, 1.82) is 0 Å². The van der Waals surface area contributed by atoms with Crippen LogP contribution in [0.5, 0.6) is 11.5 Å². The number of hydrogen-bond acceptors (Lipinski definition) is 3. The van der Waals surface area contributed by atoms with Crippen molar-refractivity contribution >= 4 is 40.0 Å². The molecule has 2 rings (SSSR count). The van der Waals surface area contributed by atoms with Gasteiger partial charge in [0, 0.05) is 8.47 Å². The Hall–Kier alpha value is -0.880. The van der Waals surface area contributed by atoms with Gasteiger partial charge < -0.3 is 10.5 Å². The lowest BCUT2D eigenvalue weighted by Gasteiger charge is -2.09. The maximum absolute atomic E-state index is 5.89. The van der Waals surface area contributed by atoms with E-state index in [1.807, 2.05) is 48.7 Å². The van der Waals surface area contributed by atoms with E-state index in [-0.39, 0.29) is 0 Å². The first-order valence-corrected chi connectivity index (χ1v) is 7.36. The largest absolute Gasteiger partial charge is 0.455 e. The molecule has 2 nitrogen and oxygen atoms in total. The van der Waals surface area contributed by atoms with E-state index in [4.69, 9.17) is 10.5 Å².